The summed E-state index contributed by atoms with van der Waals surface area (Å²) in [6, 6.07) is 21.2. The van der Waals surface area contributed by atoms with E-state index in [-0.39, 0.29) is 16.8 Å². The molecule has 0 unspecified atom stereocenters. The van der Waals surface area contributed by atoms with Crippen molar-refractivity contribution >= 4 is 61.8 Å². The molecule has 2 aromatic heterocycles. The molecule has 1 saturated heterocycles. The number of halogens is 2. The fourth-order valence-electron chi connectivity index (χ4n) is 5.64. The predicted octanol–water partition coefficient (Wildman–Crippen LogP) is 6.89. The number of para-hydroxylation sites is 1. The van der Waals surface area contributed by atoms with E-state index in [1.807, 2.05) is 30.0 Å². The second-order valence-corrected chi connectivity index (χ2v) is 13.2. The normalized spacial score (nSPS) is 14.1. The Kier molecular flexibility index (Phi) is 8.24. The molecule has 226 valence electrons. The Bertz CT molecular complexity index is 1950. The Labute approximate surface area is 266 Å². The second-order valence-electron chi connectivity index (χ2n) is 10.8. The van der Waals surface area contributed by atoms with Crippen molar-refractivity contribution in [2.45, 2.75) is 37.6 Å². The average Bonchev–Trinajstić information content (AvgIpc) is 3.34. The third kappa shape index (κ3) is 5.60. The number of nitrogens with zero attached hydrogens (tertiary/aromatic N) is 4. The number of piperidine rings is 1. The maximum atomic E-state index is 13.9. The molecule has 9 nitrogen and oxygen atoms in total. The van der Waals surface area contributed by atoms with Crippen LogP contribution < -0.4 is 10.2 Å². The summed E-state index contributed by atoms with van der Waals surface area (Å²) in [5.74, 6) is 0.359. The van der Waals surface area contributed by atoms with Gasteiger partial charge in [-0.15, -0.1) is 0 Å². The SMILES string of the molecule is Cc1ccc(S(=O)(=O)n2c(C)c(-c3nc(NC4CCN(C(=O)c5ccc(NCl)cc5)CC4)ncc3Cl)c3ccccc32)cc1. The van der Waals surface area contributed by atoms with Crippen LogP contribution in [0.15, 0.2) is 83.9 Å². The third-order valence-corrected chi connectivity index (χ3v) is 10.3. The van der Waals surface area contributed by atoms with Crippen LogP contribution in [0.3, 0.4) is 0 Å². The average molecular weight is 650 g/mol. The molecule has 44 heavy (non-hydrogen) atoms. The number of rotatable bonds is 7. The number of fused-ring (bicyclic) bond motifs is 1. The number of amides is 1. The molecule has 1 aliphatic heterocycles. The highest BCUT2D eigenvalue weighted by Gasteiger charge is 2.28. The molecule has 0 saturated carbocycles. The number of carbonyl (C=O) groups excluding carboxylic acids is 1. The maximum Gasteiger partial charge on any atom is 0.268 e. The molecule has 3 heterocycles. The lowest BCUT2D eigenvalue weighted by molar-refractivity contribution is 0.0718. The molecule has 0 spiro atoms. The number of likely N-dealkylation sites (tertiary alicyclic amines) is 1. The van der Waals surface area contributed by atoms with Crippen LogP contribution >= 0.6 is 23.4 Å². The number of hydrogen-bond donors (Lipinski definition) is 2. The van der Waals surface area contributed by atoms with Crippen LogP contribution in [-0.4, -0.2) is 52.3 Å². The van der Waals surface area contributed by atoms with E-state index in [1.165, 1.54) is 10.2 Å². The van der Waals surface area contributed by atoms with Crippen molar-refractivity contribution in [3.63, 3.8) is 0 Å². The molecule has 5 aromatic rings. The van der Waals surface area contributed by atoms with E-state index in [0.717, 1.165) is 11.3 Å². The van der Waals surface area contributed by atoms with Crippen molar-refractivity contribution in [3.05, 3.63) is 101 Å². The molecule has 1 amide bonds. The van der Waals surface area contributed by atoms with Crippen LogP contribution in [0.5, 0.6) is 0 Å². The Morgan fingerprint density at radius 3 is 2.32 bits per heavy atom. The molecule has 0 radical (unpaired) electrons. The molecule has 0 aliphatic carbocycles. The van der Waals surface area contributed by atoms with E-state index >= 15 is 0 Å². The highest BCUT2D eigenvalue weighted by molar-refractivity contribution is 7.90. The summed E-state index contributed by atoms with van der Waals surface area (Å²) >= 11 is 12.3. The molecule has 0 atom stereocenters. The lowest BCUT2D eigenvalue weighted by atomic mass is 10.0. The van der Waals surface area contributed by atoms with Gasteiger partial charge in [-0.3, -0.25) is 9.63 Å². The summed E-state index contributed by atoms with van der Waals surface area (Å²) in [5.41, 5.74) is 4.41. The summed E-state index contributed by atoms with van der Waals surface area (Å²) in [4.78, 5) is 26.8. The van der Waals surface area contributed by atoms with Crippen molar-refractivity contribution in [1.29, 1.82) is 0 Å². The fourth-order valence-corrected chi connectivity index (χ4v) is 7.52. The Balaban J connectivity index is 1.26. The summed E-state index contributed by atoms with van der Waals surface area (Å²) in [5, 5.41) is 4.43. The smallest absolute Gasteiger partial charge is 0.268 e. The van der Waals surface area contributed by atoms with Crippen molar-refractivity contribution in [3.8, 4) is 11.3 Å². The van der Waals surface area contributed by atoms with Gasteiger partial charge in [0.05, 0.1) is 27.3 Å². The third-order valence-electron chi connectivity index (χ3n) is 7.96. The largest absolute Gasteiger partial charge is 0.351 e. The van der Waals surface area contributed by atoms with E-state index in [2.05, 4.69) is 15.1 Å². The van der Waals surface area contributed by atoms with Gasteiger partial charge in [-0.05, 0) is 69.2 Å². The van der Waals surface area contributed by atoms with Crippen molar-refractivity contribution in [2.24, 2.45) is 0 Å². The minimum absolute atomic E-state index is 0.0259. The van der Waals surface area contributed by atoms with Gasteiger partial charge >= 0.3 is 0 Å². The second kappa shape index (κ2) is 12.1. The molecule has 2 N–H and O–H groups in total. The minimum atomic E-state index is -3.91. The van der Waals surface area contributed by atoms with Gasteiger partial charge in [0.1, 0.15) is 0 Å². The topological polar surface area (TPSA) is 109 Å². The van der Waals surface area contributed by atoms with E-state index in [0.29, 0.717) is 70.3 Å². The van der Waals surface area contributed by atoms with Crippen molar-refractivity contribution in [2.75, 3.05) is 23.2 Å². The lowest BCUT2D eigenvalue weighted by Crippen LogP contribution is -2.42. The first-order chi connectivity index (χ1) is 21.2. The number of aryl methyl sites for hydroxylation is 1. The number of anilines is 2. The molecular weight excluding hydrogens is 619 g/mol. The highest BCUT2D eigenvalue weighted by Crippen LogP contribution is 2.39. The van der Waals surface area contributed by atoms with Crippen LogP contribution in [0, 0.1) is 13.8 Å². The molecular formula is C32H30Cl2N6O3S. The molecule has 1 aliphatic rings. The monoisotopic (exact) mass is 648 g/mol. The zero-order valence-corrected chi connectivity index (χ0v) is 26.4. The zero-order chi connectivity index (χ0) is 31.0. The molecule has 3 aromatic carbocycles. The first kappa shape index (κ1) is 29.9. The van der Waals surface area contributed by atoms with Gasteiger partial charge in [-0.1, -0.05) is 47.5 Å². The van der Waals surface area contributed by atoms with Crippen molar-refractivity contribution < 1.29 is 13.2 Å². The number of carbonyl (C=O) groups is 1. The number of aromatic nitrogens is 3. The summed E-state index contributed by atoms with van der Waals surface area (Å²) in [6.45, 7) is 4.84. The first-order valence-electron chi connectivity index (χ1n) is 14.1. The number of nitrogens with one attached hydrogen (secondary N) is 2. The Morgan fingerprint density at radius 2 is 1.64 bits per heavy atom. The van der Waals surface area contributed by atoms with E-state index in [9.17, 15) is 13.2 Å². The van der Waals surface area contributed by atoms with Gasteiger partial charge in [0.25, 0.3) is 15.9 Å². The number of benzene rings is 3. The van der Waals surface area contributed by atoms with Crippen LogP contribution in [-0.2, 0) is 10.0 Å². The lowest BCUT2D eigenvalue weighted by Gasteiger charge is -2.32. The van der Waals surface area contributed by atoms with Gasteiger partial charge in [-0.25, -0.2) is 22.4 Å². The van der Waals surface area contributed by atoms with Crippen molar-refractivity contribution in [1.82, 2.24) is 18.8 Å². The van der Waals surface area contributed by atoms with E-state index in [4.69, 9.17) is 28.4 Å². The summed E-state index contributed by atoms with van der Waals surface area (Å²) in [6.07, 6.45) is 2.95. The highest BCUT2D eigenvalue weighted by atomic mass is 35.5. The molecule has 0 bridgehead atoms. The van der Waals surface area contributed by atoms with Crippen LogP contribution in [0.25, 0.3) is 22.2 Å². The zero-order valence-electron chi connectivity index (χ0n) is 24.1. The summed E-state index contributed by atoms with van der Waals surface area (Å²) in [7, 11) is -3.91. The minimum Gasteiger partial charge on any atom is -0.351 e. The molecule has 12 heteroatoms. The van der Waals surface area contributed by atoms with Gasteiger partial charge in [0, 0.05) is 58.8 Å². The van der Waals surface area contributed by atoms with Gasteiger partial charge in [-0.2, -0.15) is 0 Å². The predicted molar refractivity (Wildman–Crippen MR) is 175 cm³/mol. The fraction of sp³-hybridized carbons (Fsp3) is 0.219. The van der Waals surface area contributed by atoms with Gasteiger partial charge in [0.15, 0.2) is 0 Å². The number of hydrogen-bond acceptors (Lipinski definition) is 7. The standard InChI is InChI=1S/C32H30Cl2N6O3S/c1-20-7-13-25(14-8-20)44(42,43)40-21(2)29(26-5-3-4-6-28(26)40)30-27(33)19-35-32(37-30)36-23-15-17-39(18-16-23)31(41)22-9-11-24(38-34)12-10-22/h3-14,19,23,38H,15-18H2,1-2H3,(H,35,36,37). The van der Waals surface area contributed by atoms with Gasteiger partial charge < -0.3 is 10.2 Å². The van der Waals surface area contributed by atoms with E-state index in [1.54, 1.807) is 61.5 Å². The first-order valence-corrected chi connectivity index (χ1v) is 16.3. The van der Waals surface area contributed by atoms with Crippen LogP contribution in [0.4, 0.5) is 11.6 Å². The molecule has 6 rings (SSSR count). The van der Waals surface area contributed by atoms with Gasteiger partial charge in [0.2, 0.25) is 5.95 Å². The van der Waals surface area contributed by atoms with Crippen LogP contribution in [0.1, 0.15) is 34.5 Å². The molecule has 1 fully saturated rings. The van der Waals surface area contributed by atoms with E-state index < -0.39 is 10.0 Å². The maximum absolute atomic E-state index is 13.9. The Morgan fingerprint density at radius 1 is 0.955 bits per heavy atom. The summed E-state index contributed by atoms with van der Waals surface area (Å²) < 4.78 is 29.1. The Hall–Kier alpha value is -4.12. The quantitative estimate of drug-likeness (QED) is 0.185. The van der Waals surface area contributed by atoms with Crippen LogP contribution in [0.2, 0.25) is 5.02 Å².